The first-order valence-corrected chi connectivity index (χ1v) is 12.9. The third-order valence-corrected chi connectivity index (χ3v) is 8.17. The second-order valence-electron chi connectivity index (χ2n) is 10.5. The van der Waals surface area contributed by atoms with E-state index < -0.39 is 0 Å². The molecule has 3 aliphatic rings. The minimum Gasteiger partial charge on any atom is -0.450 e. The summed E-state index contributed by atoms with van der Waals surface area (Å²) in [4.78, 5) is 23.2. The van der Waals surface area contributed by atoms with Crippen LogP contribution in [0.1, 0.15) is 26.2 Å². The minimum absolute atomic E-state index is 0.180. The summed E-state index contributed by atoms with van der Waals surface area (Å²) in [6, 6.07) is 8.22. The lowest BCUT2D eigenvalue weighted by Gasteiger charge is -2.48. The Hall–Kier alpha value is -3.20. The van der Waals surface area contributed by atoms with E-state index >= 15 is 0 Å². The molecule has 3 aromatic rings. The molecule has 1 aliphatic carbocycles. The highest BCUT2D eigenvalue weighted by Crippen LogP contribution is 2.47. The maximum absolute atomic E-state index is 14.4. The molecule has 0 N–H and O–H groups in total. The summed E-state index contributed by atoms with van der Waals surface area (Å²) in [5.74, 6) is -0.321. The molecule has 1 spiro atoms. The number of hydrogen-bond donors (Lipinski definition) is 0. The second kappa shape index (κ2) is 9.03. The molecular formula is C27H33FN6O2. The average Bonchev–Trinajstić information content (AvgIpc) is 3.47. The average molecular weight is 493 g/mol. The fourth-order valence-corrected chi connectivity index (χ4v) is 6.44. The molecular weight excluding hydrogens is 459 g/mol. The van der Waals surface area contributed by atoms with Crippen molar-refractivity contribution in [2.45, 2.75) is 32.2 Å². The molecule has 0 radical (unpaired) electrons. The highest BCUT2D eigenvalue weighted by atomic mass is 19.1. The van der Waals surface area contributed by atoms with Gasteiger partial charge < -0.3 is 14.5 Å². The normalized spacial score (nSPS) is 21.8. The third-order valence-electron chi connectivity index (χ3n) is 8.17. The number of carbonyl (C=O) groups excluding carboxylic acids is 1. The van der Waals surface area contributed by atoms with Crippen LogP contribution >= 0.6 is 0 Å². The molecule has 1 aromatic carbocycles. The second-order valence-corrected chi connectivity index (χ2v) is 10.5. The molecule has 0 bridgehead atoms. The predicted octanol–water partition coefficient (Wildman–Crippen LogP) is 3.91. The zero-order valence-electron chi connectivity index (χ0n) is 21.0. The molecule has 2 saturated heterocycles. The number of pyridine rings is 1. The number of benzene rings is 1. The summed E-state index contributed by atoms with van der Waals surface area (Å²) >= 11 is 0. The van der Waals surface area contributed by atoms with Crippen LogP contribution in [0.3, 0.4) is 0 Å². The monoisotopic (exact) mass is 492 g/mol. The van der Waals surface area contributed by atoms with E-state index in [0.717, 1.165) is 73.5 Å². The molecule has 2 aromatic heterocycles. The Morgan fingerprint density at radius 2 is 2.03 bits per heavy atom. The van der Waals surface area contributed by atoms with E-state index in [1.165, 1.54) is 19.0 Å². The third kappa shape index (κ3) is 4.09. The molecule has 3 fully saturated rings. The van der Waals surface area contributed by atoms with Gasteiger partial charge in [-0.15, -0.1) is 0 Å². The van der Waals surface area contributed by atoms with Crippen LogP contribution in [0.5, 0.6) is 0 Å². The standard InChI is InChI=1S/C27H33FN6O2/c1-3-36-26(35)34-17-27(18-34)8-7-21(14-27)32-9-11-33(12-10-32)23-13-20(28)15-29-25(23)22-6-4-5-19-16-31(2)30-24(19)22/h4-6,13,15-16,21H,3,7-12,14,17-18H2,1-2H3/t21-/m1/s1. The number of likely N-dealkylation sites (tertiary alicyclic amines) is 1. The number of rotatable bonds is 4. The van der Waals surface area contributed by atoms with E-state index in [1.807, 2.05) is 43.3 Å². The van der Waals surface area contributed by atoms with Gasteiger partial charge in [0.05, 0.1) is 24.2 Å². The van der Waals surface area contributed by atoms with Crippen molar-refractivity contribution in [3.05, 3.63) is 42.5 Å². The number of amides is 1. The molecule has 1 amide bonds. The van der Waals surface area contributed by atoms with Crippen LogP contribution in [0.15, 0.2) is 36.7 Å². The van der Waals surface area contributed by atoms with Gasteiger partial charge in [-0.25, -0.2) is 9.18 Å². The zero-order valence-corrected chi connectivity index (χ0v) is 21.0. The highest BCUT2D eigenvalue weighted by Gasteiger charge is 2.51. The molecule has 9 heteroatoms. The molecule has 190 valence electrons. The fourth-order valence-electron chi connectivity index (χ4n) is 6.44. The number of fused-ring (bicyclic) bond motifs is 1. The number of anilines is 1. The first-order chi connectivity index (χ1) is 17.4. The summed E-state index contributed by atoms with van der Waals surface area (Å²) in [7, 11) is 1.91. The molecule has 8 nitrogen and oxygen atoms in total. The summed E-state index contributed by atoms with van der Waals surface area (Å²) in [5, 5.41) is 5.69. The van der Waals surface area contributed by atoms with E-state index in [2.05, 4.69) is 19.9 Å². The first kappa shape index (κ1) is 23.2. The van der Waals surface area contributed by atoms with Gasteiger partial charge in [-0.05, 0) is 26.2 Å². The zero-order chi connectivity index (χ0) is 24.9. The van der Waals surface area contributed by atoms with E-state index in [9.17, 15) is 9.18 Å². The van der Waals surface area contributed by atoms with Crippen molar-refractivity contribution >= 4 is 22.7 Å². The maximum Gasteiger partial charge on any atom is 0.409 e. The maximum atomic E-state index is 14.4. The summed E-state index contributed by atoms with van der Waals surface area (Å²) < 4.78 is 21.3. The van der Waals surface area contributed by atoms with Gasteiger partial charge in [0, 0.05) is 81.0 Å². The molecule has 36 heavy (non-hydrogen) atoms. The Labute approximate surface area is 210 Å². The van der Waals surface area contributed by atoms with Gasteiger partial charge in [0.15, 0.2) is 0 Å². The highest BCUT2D eigenvalue weighted by molar-refractivity contribution is 5.95. The van der Waals surface area contributed by atoms with Crippen LogP contribution < -0.4 is 4.90 Å². The molecule has 1 saturated carbocycles. The number of halogens is 1. The number of ether oxygens (including phenoxy) is 1. The number of aryl methyl sites for hydroxylation is 1. The molecule has 1 atom stereocenters. The number of hydrogen-bond acceptors (Lipinski definition) is 6. The van der Waals surface area contributed by atoms with Crippen LogP contribution in [0.25, 0.3) is 22.2 Å². The van der Waals surface area contributed by atoms with Crippen molar-refractivity contribution in [3.8, 4) is 11.3 Å². The van der Waals surface area contributed by atoms with E-state index in [1.54, 1.807) is 10.7 Å². The Balaban J connectivity index is 1.14. The largest absolute Gasteiger partial charge is 0.450 e. The van der Waals surface area contributed by atoms with Crippen molar-refractivity contribution in [3.63, 3.8) is 0 Å². The van der Waals surface area contributed by atoms with Gasteiger partial charge in [-0.3, -0.25) is 14.6 Å². The van der Waals surface area contributed by atoms with Gasteiger partial charge in [0.2, 0.25) is 0 Å². The van der Waals surface area contributed by atoms with E-state index in [4.69, 9.17) is 4.74 Å². The van der Waals surface area contributed by atoms with Crippen LogP contribution in [-0.4, -0.2) is 82.6 Å². The van der Waals surface area contributed by atoms with E-state index in [-0.39, 0.29) is 17.3 Å². The summed E-state index contributed by atoms with van der Waals surface area (Å²) in [6.45, 7) is 7.44. The van der Waals surface area contributed by atoms with Crippen molar-refractivity contribution in [1.29, 1.82) is 0 Å². The summed E-state index contributed by atoms with van der Waals surface area (Å²) in [6.07, 6.45) is 6.58. The van der Waals surface area contributed by atoms with Crippen molar-refractivity contribution in [1.82, 2.24) is 24.6 Å². The SMILES string of the molecule is CCOC(=O)N1CC2(CC[C@@H](N3CCN(c4cc(F)cnc4-c4cccc5cn(C)nc45)CC3)C2)C1. The molecule has 4 heterocycles. The topological polar surface area (TPSA) is 66.7 Å². The van der Waals surface area contributed by atoms with E-state index in [0.29, 0.717) is 12.6 Å². The van der Waals surface area contributed by atoms with Crippen molar-refractivity contribution in [2.24, 2.45) is 12.5 Å². The van der Waals surface area contributed by atoms with Crippen LogP contribution in [0, 0.1) is 11.2 Å². The minimum atomic E-state index is -0.321. The van der Waals surface area contributed by atoms with Gasteiger partial charge >= 0.3 is 6.09 Å². The Kier molecular flexibility index (Phi) is 5.82. The number of carbonyl (C=O) groups is 1. The van der Waals surface area contributed by atoms with Crippen molar-refractivity contribution < 1.29 is 13.9 Å². The van der Waals surface area contributed by atoms with Gasteiger partial charge in [-0.1, -0.05) is 18.2 Å². The molecule has 0 unspecified atom stereocenters. The Morgan fingerprint density at radius 1 is 1.22 bits per heavy atom. The summed E-state index contributed by atoms with van der Waals surface area (Å²) in [5.41, 5.74) is 3.68. The van der Waals surface area contributed by atoms with Gasteiger partial charge in [0.1, 0.15) is 11.3 Å². The quantitative estimate of drug-likeness (QED) is 0.550. The first-order valence-electron chi connectivity index (χ1n) is 12.9. The smallest absolute Gasteiger partial charge is 0.409 e. The lowest BCUT2D eigenvalue weighted by molar-refractivity contribution is -0.00294. The Morgan fingerprint density at radius 3 is 2.81 bits per heavy atom. The van der Waals surface area contributed by atoms with Crippen LogP contribution in [0.2, 0.25) is 0 Å². The van der Waals surface area contributed by atoms with Crippen LogP contribution in [0.4, 0.5) is 14.9 Å². The van der Waals surface area contributed by atoms with Crippen molar-refractivity contribution in [2.75, 3.05) is 50.8 Å². The number of piperazine rings is 1. The molecule has 2 aliphatic heterocycles. The Bertz CT molecular complexity index is 1280. The lowest BCUT2D eigenvalue weighted by Crippen LogP contribution is -2.58. The van der Waals surface area contributed by atoms with Gasteiger partial charge in [-0.2, -0.15) is 5.10 Å². The molecule has 6 rings (SSSR count). The number of nitrogens with zero attached hydrogens (tertiary/aromatic N) is 6. The predicted molar refractivity (Wildman–Crippen MR) is 136 cm³/mol. The van der Waals surface area contributed by atoms with Gasteiger partial charge in [0.25, 0.3) is 0 Å². The fraction of sp³-hybridized carbons (Fsp3) is 0.519. The number of aromatic nitrogens is 3. The van der Waals surface area contributed by atoms with Crippen LogP contribution in [-0.2, 0) is 11.8 Å². The lowest BCUT2D eigenvalue weighted by atomic mass is 9.78.